The number of nitrogens with zero attached hydrogens (tertiary/aromatic N) is 1. The number of likely N-dealkylation sites (tertiary alicyclic amines) is 1. The Bertz CT molecular complexity index is 838. The van der Waals surface area contributed by atoms with Crippen LogP contribution in [0.5, 0.6) is 0 Å². The van der Waals surface area contributed by atoms with Crippen molar-refractivity contribution in [3.63, 3.8) is 0 Å². The molecule has 1 aromatic carbocycles. The first-order valence-corrected chi connectivity index (χ1v) is 15.6. The molecule has 3 rings (SSSR count). The molecule has 1 saturated heterocycles. The van der Waals surface area contributed by atoms with Gasteiger partial charge < -0.3 is 30.1 Å². The Balaban J connectivity index is 1.78. The van der Waals surface area contributed by atoms with E-state index >= 15 is 0 Å². The lowest BCUT2D eigenvalue weighted by Crippen LogP contribution is -2.54. The highest BCUT2D eigenvalue weighted by Gasteiger charge is 2.44. The number of aliphatic hydroxyl groups is 1. The molecule has 8 heteroatoms. The SMILES string of the molecule is CNC[C@H](CC1CCCCC1)NC(=O)N1CCC[C@@H]([C@](CCCCOC)(OCCCO)c2cccc(Cl)c2)C1. The summed E-state index contributed by atoms with van der Waals surface area (Å²) in [5, 5.41) is 16.9. The molecule has 7 nitrogen and oxygen atoms in total. The van der Waals surface area contributed by atoms with Gasteiger partial charge in [-0.1, -0.05) is 55.8 Å². The summed E-state index contributed by atoms with van der Waals surface area (Å²) in [5.41, 5.74) is 0.474. The Labute approximate surface area is 241 Å². The first-order valence-electron chi connectivity index (χ1n) is 15.2. The normalized spacial score (nSPS) is 20.9. The number of benzene rings is 1. The average molecular weight is 566 g/mol. The van der Waals surface area contributed by atoms with Gasteiger partial charge in [0.2, 0.25) is 0 Å². The molecule has 39 heavy (non-hydrogen) atoms. The molecule has 2 amide bonds. The molecular formula is C31H52ClN3O4. The molecule has 2 fully saturated rings. The number of aliphatic hydroxyl groups excluding tert-OH is 1. The maximum absolute atomic E-state index is 13.6. The number of ether oxygens (including phenoxy) is 2. The summed E-state index contributed by atoms with van der Waals surface area (Å²) in [6.07, 6.45) is 12.7. The molecule has 1 saturated carbocycles. The summed E-state index contributed by atoms with van der Waals surface area (Å²) in [5.74, 6) is 0.826. The number of halogens is 1. The third-order valence-electron chi connectivity index (χ3n) is 8.61. The second kappa shape index (κ2) is 17.4. The van der Waals surface area contributed by atoms with E-state index < -0.39 is 5.60 Å². The lowest BCUT2D eigenvalue weighted by Gasteiger charge is -2.46. The van der Waals surface area contributed by atoms with E-state index in [4.69, 9.17) is 21.1 Å². The minimum absolute atomic E-state index is 0.0329. The Hall–Kier alpha value is -1.38. The van der Waals surface area contributed by atoms with Gasteiger partial charge in [-0.05, 0) is 75.6 Å². The maximum atomic E-state index is 13.6. The number of rotatable bonds is 16. The zero-order valence-electron chi connectivity index (χ0n) is 24.3. The summed E-state index contributed by atoms with van der Waals surface area (Å²) < 4.78 is 12.1. The molecule has 1 aromatic rings. The van der Waals surface area contributed by atoms with E-state index in [0.29, 0.717) is 37.1 Å². The third-order valence-corrected chi connectivity index (χ3v) is 8.85. The average Bonchev–Trinajstić information content (AvgIpc) is 2.95. The van der Waals surface area contributed by atoms with Crippen LogP contribution in [0.2, 0.25) is 5.02 Å². The summed E-state index contributed by atoms with van der Waals surface area (Å²) in [7, 11) is 3.69. The van der Waals surface area contributed by atoms with Crippen molar-refractivity contribution in [1.29, 1.82) is 0 Å². The molecule has 3 atom stereocenters. The summed E-state index contributed by atoms with van der Waals surface area (Å²) >= 11 is 6.48. The van der Waals surface area contributed by atoms with Crippen molar-refractivity contribution >= 4 is 17.6 Å². The van der Waals surface area contributed by atoms with Gasteiger partial charge >= 0.3 is 6.03 Å². The van der Waals surface area contributed by atoms with Crippen molar-refractivity contribution in [2.75, 3.05) is 53.6 Å². The predicted molar refractivity (Wildman–Crippen MR) is 158 cm³/mol. The van der Waals surface area contributed by atoms with E-state index in [9.17, 15) is 9.90 Å². The molecule has 3 N–H and O–H groups in total. The Kier molecular flexibility index (Phi) is 14.4. The fourth-order valence-electron chi connectivity index (χ4n) is 6.64. The van der Waals surface area contributed by atoms with Crippen molar-refractivity contribution in [1.82, 2.24) is 15.5 Å². The standard InChI is InChI=1S/C31H52ClN3O4/c1-33-23-29(21-25-11-4-3-5-12-25)34-30(37)35-17-9-14-27(24-35)31(39-20-10-18-36,16-6-7-19-38-2)26-13-8-15-28(32)22-26/h8,13,15,22,25,27,29,33,36H,3-7,9-12,14,16-21,23-24H2,1-2H3,(H,34,37)/t27-,29+,31-/m1/s1. The zero-order valence-corrected chi connectivity index (χ0v) is 25.0. The number of carbonyl (C=O) groups is 1. The molecule has 1 aliphatic carbocycles. The van der Waals surface area contributed by atoms with Crippen LogP contribution in [0.1, 0.15) is 82.6 Å². The van der Waals surface area contributed by atoms with E-state index in [2.05, 4.69) is 16.7 Å². The molecule has 0 unspecified atom stereocenters. The number of urea groups is 1. The van der Waals surface area contributed by atoms with Crippen LogP contribution in [0.15, 0.2) is 24.3 Å². The Morgan fingerprint density at radius 3 is 2.69 bits per heavy atom. The lowest BCUT2D eigenvalue weighted by molar-refractivity contribution is -0.117. The number of nitrogens with one attached hydrogen (secondary N) is 2. The molecule has 0 radical (unpaired) electrons. The quantitative estimate of drug-likeness (QED) is 0.223. The Morgan fingerprint density at radius 1 is 1.15 bits per heavy atom. The van der Waals surface area contributed by atoms with Gasteiger partial charge in [0, 0.05) is 63.5 Å². The van der Waals surface area contributed by atoms with Gasteiger partial charge in [0.25, 0.3) is 0 Å². The largest absolute Gasteiger partial charge is 0.396 e. The second-order valence-electron chi connectivity index (χ2n) is 11.5. The number of hydrogen-bond donors (Lipinski definition) is 3. The summed E-state index contributed by atoms with van der Waals surface area (Å²) in [6, 6.07) is 8.17. The number of carbonyl (C=O) groups excluding carboxylic acids is 1. The molecule has 1 aliphatic heterocycles. The van der Waals surface area contributed by atoms with Crippen LogP contribution in [-0.2, 0) is 15.1 Å². The highest BCUT2D eigenvalue weighted by atomic mass is 35.5. The van der Waals surface area contributed by atoms with Crippen LogP contribution in [-0.4, -0.2) is 75.7 Å². The second-order valence-corrected chi connectivity index (χ2v) is 11.9. The van der Waals surface area contributed by atoms with Crippen molar-refractivity contribution in [3.05, 3.63) is 34.9 Å². The van der Waals surface area contributed by atoms with Gasteiger partial charge in [-0.15, -0.1) is 0 Å². The molecule has 222 valence electrons. The maximum Gasteiger partial charge on any atom is 0.317 e. The molecule has 0 aromatic heterocycles. The number of likely N-dealkylation sites (N-methyl/N-ethyl adjacent to an activating group) is 1. The van der Waals surface area contributed by atoms with Crippen molar-refractivity contribution < 1.29 is 19.4 Å². The van der Waals surface area contributed by atoms with Crippen molar-refractivity contribution in [2.45, 2.75) is 88.7 Å². The van der Waals surface area contributed by atoms with Crippen LogP contribution in [0.4, 0.5) is 4.79 Å². The topological polar surface area (TPSA) is 83.1 Å². The first-order chi connectivity index (χ1) is 19.0. The number of unbranched alkanes of at least 4 members (excludes halogenated alkanes) is 1. The molecule has 2 aliphatic rings. The molecule has 0 spiro atoms. The van der Waals surface area contributed by atoms with Gasteiger partial charge in [0.05, 0.1) is 5.60 Å². The van der Waals surface area contributed by atoms with Gasteiger partial charge in [-0.2, -0.15) is 0 Å². The highest BCUT2D eigenvalue weighted by Crippen LogP contribution is 2.44. The van der Waals surface area contributed by atoms with E-state index in [0.717, 1.165) is 57.2 Å². The number of hydrogen-bond acceptors (Lipinski definition) is 5. The van der Waals surface area contributed by atoms with Crippen LogP contribution in [0.25, 0.3) is 0 Å². The first kappa shape index (κ1) is 32.1. The van der Waals surface area contributed by atoms with E-state index in [1.165, 1.54) is 32.1 Å². The zero-order chi connectivity index (χ0) is 27.9. The van der Waals surface area contributed by atoms with E-state index in [-0.39, 0.29) is 24.6 Å². The lowest BCUT2D eigenvalue weighted by atomic mass is 9.73. The molecule has 1 heterocycles. The van der Waals surface area contributed by atoms with Crippen molar-refractivity contribution in [3.8, 4) is 0 Å². The minimum Gasteiger partial charge on any atom is -0.396 e. The number of amides is 2. The predicted octanol–water partition coefficient (Wildman–Crippen LogP) is 5.73. The highest BCUT2D eigenvalue weighted by molar-refractivity contribution is 6.30. The van der Waals surface area contributed by atoms with Crippen LogP contribution in [0, 0.1) is 11.8 Å². The van der Waals surface area contributed by atoms with Gasteiger partial charge in [0.1, 0.15) is 0 Å². The summed E-state index contributed by atoms with van der Waals surface area (Å²) in [6.45, 7) is 3.43. The monoisotopic (exact) mass is 565 g/mol. The summed E-state index contributed by atoms with van der Waals surface area (Å²) in [4.78, 5) is 15.6. The number of piperidine rings is 1. The number of methoxy groups -OCH3 is 1. The fraction of sp³-hybridized carbons (Fsp3) is 0.774. The molecular weight excluding hydrogens is 514 g/mol. The third kappa shape index (κ3) is 9.89. The van der Waals surface area contributed by atoms with Crippen LogP contribution >= 0.6 is 11.6 Å². The van der Waals surface area contributed by atoms with Crippen LogP contribution < -0.4 is 10.6 Å². The molecule has 0 bridgehead atoms. The Morgan fingerprint density at radius 2 is 1.97 bits per heavy atom. The van der Waals surface area contributed by atoms with Crippen molar-refractivity contribution in [2.24, 2.45) is 11.8 Å². The minimum atomic E-state index is -0.584. The smallest absolute Gasteiger partial charge is 0.317 e. The van der Waals surface area contributed by atoms with Gasteiger partial charge in [-0.25, -0.2) is 4.79 Å². The fourth-order valence-corrected chi connectivity index (χ4v) is 6.83. The van der Waals surface area contributed by atoms with E-state index in [1.807, 2.05) is 30.1 Å². The van der Waals surface area contributed by atoms with Crippen LogP contribution in [0.3, 0.4) is 0 Å². The van der Waals surface area contributed by atoms with Gasteiger partial charge in [0.15, 0.2) is 0 Å². The van der Waals surface area contributed by atoms with E-state index in [1.54, 1.807) is 7.11 Å². The van der Waals surface area contributed by atoms with Gasteiger partial charge in [-0.3, -0.25) is 0 Å².